The fourth-order valence-corrected chi connectivity index (χ4v) is 4.16. The molecule has 0 atom stereocenters. The first kappa shape index (κ1) is 16.8. The van der Waals surface area contributed by atoms with E-state index in [1.165, 1.54) is 44.5 Å². The molecular formula is C27H23N. The molecule has 5 rings (SSSR count). The van der Waals surface area contributed by atoms with Crippen LogP contribution in [0.15, 0.2) is 96.7 Å². The van der Waals surface area contributed by atoms with Crippen LogP contribution in [0.1, 0.15) is 23.1 Å². The zero-order valence-corrected chi connectivity index (χ0v) is 16.1. The fraction of sp³-hybridized carbons (Fsp3) is 0.111. The van der Waals surface area contributed by atoms with Gasteiger partial charge in [-0.1, -0.05) is 66.7 Å². The van der Waals surface area contributed by atoms with Gasteiger partial charge in [0.15, 0.2) is 0 Å². The van der Waals surface area contributed by atoms with E-state index in [4.69, 9.17) is 0 Å². The standard InChI is InChI=1S/C27H23N/c1-20-7-6-12-25(17-20)28(26-15-13-21-8-2-4-10-23(21)18-26)27-16-14-22-9-3-5-11-24(22)19-27/h2-13,15,17-19H,14,16H2,1H3. The maximum Gasteiger partial charge on any atom is 0.0464 e. The van der Waals surface area contributed by atoms with Crippen LogP contribution in [-0.4, -0.2) is 0 Å². The van der Waals surface area contributed by atoms with Gasteiger partial charge in [0.25, 0.3) is 0 Å². The number of benzene rings is 4. The fourth-order valence-electron chi connectivity index (χ4n) is 4.16. The molecule has 0 saturated carbocycles. The Morgan fingerprint density at radius 1 is 0.643 bits per heavy atom. The number of allylic oxidation sites excluding steroid dienone is 1. The summed E-state index contributed by atoms with van der Waals surface area (Å²) in [4.78, 5) is 2.43. The maximum atomic E-state index is 2.43. The summed E-state index contributed by atoms with van der Waals surface area (Å²) >= 11 is 0. The Labute approximate surface area is 166 Å². The van der Waals surface area contributed by atoms with Crippen molar-refractivity contribution in [3.05, 3.63) is 113 Å². The van der Waals surface area contributed by atoms with E-state index in [2.05, 4.69) is 109 Å². The Balaban J connectivity index is 1.68. The van der Waals surface area contributed by atoms with Crippen LogP contribution < -0.4 is 4.90 Å². The number of hydrogen-bond donors (Lipinski definition) is 0. The van der Waals surface area contributed by atoms with Gasteiger partial charge in [0, 0.05) is 17.1 Å². The molecule has 1 aliphatic rings. The Hall–Kier alpha value is -3.32. The lowest BCUT2D eigenvalue weighted by atomic mass is 9.94. The molecule has 0 fully saturated rings. The highest BCUT2D eigenvalue weighted by Gasteiger charge is 2.19. The molecule has 0 amide bonds. The number of fused-ring (bicyclic) bond motifs is 2. The van der Waals surface area contributed by atoms with Gasteiger partial charge in [-0.2, -0.15) is 0 Å². The number of nitrogens with zero attached hydrogens (tertiary/aromatic N) is 1. The second-order valence-electron chi connectivity index (χ2n) is 7.54. The summed E-state index contributed by atoms with van der Waals surface area (Å²) in [5, 5.41) is 2.55. The van der Waals surface area contributed by atoms with Crippen LogP contribution in [-0.2, 0) is 6.42 Å². The lowest BCUT2D eigenvalue weighted by Crippen LogP contribution is -2.19. The molecule has 0 bridgehead atoms. The minimum absolute atomic E-state index is 1.04. The molecule has 136 valence electrons. The molecule has 0 spiro atoms. The van der Waals surface area contributed by atoms with E-state index in [9.17, 15) is 0 Å². The zero-order chi connectivity index (χ0) is 18.9. The summed E-state index contributed by atoms with van der Waals surface area (Å²) in [6, 6.07) is 32.9. The van der Waals surface area contributed by atoms with E-state index in [-0.39, 0.29) is 0 Å². The van der Waals surface area contributed by atoms with Crippen molar-refractivity contribution in [1.82, 2.24) is 0 Å². The Bertz CT molecular complexity index is 1190. The van der Waals surface area contributed by atoms with Crippen LogP contribution in [0.4, 0.5) is 11.4 Å². The predicted octanol–water partition coefficient (Wildman–Crippen LogP) is 7.27. The molecule has 4 aromatic carbocycles. The van der Waals surface area contributed by atoms with Gasteiger partial charge in [0.2, 0.25) is 0 Å². The van der Waals surface area contributed by atoms with Gasteiger partial charge in [-0.05, 0) is 77.6 Å². The van der Waals surface area contributed by atoms with Gasteiger partial charge in [-0.15, -0.1) is 0 Å². The molecule has 0 unspecified atom stereocenters. The average molecular weight is 361 g/mol. The topological polar surface area (TPSA) is 3.24 Å². The Kier molecular flexibility index (Phi) is 4.21. The molecule has 0 aliphatic heterocycles. The summed E-state index contributed by atoms with van der Waals surface area (Å²) in [5.74, 6) is 0. The monoisotopic (exact) mass is 361 g/mol. The first-order chi connectivity index (χ1) is 13.8. The first-order valence-electron chi connectivity index (χ1n) is 9.92. The molecule has 0 N–H and O–H groups in total. The van der Waals surface area contributed by atoms with Crippen molar-refractivity contribution < 1.29 is 0 Å². The van der Waals surface area contributed by atoms with Crippen molar-refractivity contribution in [1.29, 1.82) is 0 Å². The predicted molar refractivity (Wildman–Crippen MR) is 120 cm³/mol. The van der Waals surface area contributed by atoms with Gasteiger partial charge in [-0.25, -0.2) is 0 Å². The molecule has 1 nitrogen and oxygen atoms in total. The highest BCUT2D eigenvalue weighted by atomic mass is 15.1. The largest absolute Gasteiger partial charge is 0.314 e. The van der Waals surface area contributed by atoms with E-state index < -0.39 is 0 Å². The molecule has 28 heavy (non-hydrogen) atoms. The quantitative estimate of drug-likeness (QED) is 0.371. The first-order valence-corrected chi connectivity index (χ1v) is 9.92. The number of hydrogen-bond acceptors (Lipinski definition) is 1. The van der Waals surface area contributed by atoms with E-state index in [1.54, 1.807) is 0 Å². The summed E-state index contributed by atoms with van der Waals surface area (Å²) in [7, 11) is 0. The van der Waals surface area contributed by atoms with Gasteiger partial charge < -0.3 is 4.90 Å². The van der Waals surface area contributed by atoms with E-state index in [1.807, 2.05) is 0 Å². The summed E-state index contributed by atoms with van der Waals surface area (Å²) in [5.41, 5.74) is 7.84. The number of aryl methyl sites for hydroxylation is 2. The lowest BCUT2D eigenvalue weighted by molar-refractivity contribution is 0.894. The maximum absolute atomic E-state index is 2.43. The molecular weight excluding hydrogens is 338 g/mol. The van der Waals surface area contributed by atoms with Gasteiger partial charge in [0.1, 0.15) is 0 Å². The highest BCUT2D eigenvalue weighted by molar-refractivity contribution is 5.88. The minimum atomic E-state index is 1.04. The van der Waals surface area contributed by atoms with Crippen molar-refractivity contribution in [2.75, 3.05) is 4.90 Å². The molecule has 0 saturated heterocycles. The zero-order valence-electron chi connectivity index (χ0n) is 16.1. The smallest absolute Gasteiger partial charge is 0.0464 e. The summed E-state index contributed by atoms with van der Waals surface area (Å²) < 4.78 is 0. The Morgan fingerprint density at radius 3 is 2.32 bits per heavy atom. The molecule has 0 radical (unpaired) electrons. The second kappa shape index (κ2) is 7.01. The third-order valence-corrected chi connectivity index (χ3v) is 5.57. The van der Waals surface area contributed by atoms with Crippen molar-refractivity contribution >= 4 is 28.2 Å². The van der Waals surface area contributed by atoms with Gasteiger partial charge in [0.05, 0.1) is 0 Å². The Morgan fingerprint density at radius 2 is 1.43 bits per heavy atom. The lowest BCUT2D eigenvalue weighted by Gasteiger charge is -2.31. The van der Waals surface area contributed by atoms with E-state index >= 15 is 0 Å². The van der Waals surface area contributed by atoms with E-state index in [0.717, 1.165) is 12.8 Å². The van der Waals surface area contributed by atoms with Crippen molar-refractivity contribution in [3.8, 4) is 0 Å². The number of rotatable bonds is 3. The highest BCUT2D eigenvalue weighted by Crippen LogP contribution is 2.37. The third kappa shape index (κ3) is 3.10. The minimum Gasteiger partial charge on any atom is -0.314 e. The average Bonchev–Trinajstić information content (AvgIpc) is 2.74. The van der Waals surface area contributed by atoms with Crippen molar-refractivity contribution in [2.45, 2.75) is 19.8 Å². The normalized spacial score (nSPS) is 13.1. The van der Waals surface area contributed by atoms with E-state index in [0.29, 0.717) is 0 Å². The SMILES string of the molecule is Cc1cccc(N(C2=Cc3ccccc3CC2)c2ccc3ccccc3c2)c1. The van der Waals surface area contributed by atoms with Gasteiger partial charge >= 0.3 is 0 Å². The van der Waals surface area contributed by atoms with Crippen molar-refractivity contribution in [2.24, 2.45) is 0 Å². The molecule has 4 aromatic rings. The summed E-state index contributed by atoms with van der Waals surface area (Å²) in [6.07, 6.45) is 4.48. The van der Waals surface area contributed by atoms with Crippen molar-refractivity contribution in [3.63, 3.8) is 0 Å². The third-order valence-electron chi connectivity index (χ3n) is 5.57. The van der Waals surface area contributed by atoms with Crippen LogP contribution in [0.25, 0.3) is 16.8 Å². The van der Waals surface area contributed by atoms with Crippen LogP contribution in [0.2, 0.25) is 0 Å². The molecule has 0 aromatic heterocycles. The van der Waals surface area contributed by atoms with Crippen LogP contribution >= 0.6 is 0 Å². The van der Waals surface area contributed by atoms with Crippen LogP contribution in [0.3, 0.4) is 0 Å². The molecule has 0 heterocycles. The number of anilines is 2. The van der Waals surface area contributed by atoms with Crippen LogP contribution in [0.5, 0.6) is 0 Å². The molecule has 1 heteroatoms. The second-order valence-corrected chi connectivity index (χ2v) is 7.54. The van der Waals surface area contributed by atoms with Gasteiger partial charge in [-0.3, -0.25) is 0 Å². The summed E-state index contributed by atoms with van der Waals surface area (Å²) in [6.45, 7) is 2.16. The van der Waals surface area contributed by atoms with Crippen LogP contribution in [0, 0.1) is 6.92 Å². The molecule has 1 aliphatic carbocycles.